The molecule has 4 aromatic rings. The zero-order valence-corrected chi connectivity index (χ0v) is 31.0. The molecule has 0 unspecified atom stereocenters. The van der Waals surface area contributed by atoms with E-state index in [-0.39, 0.29) is 53.1 Å². The molecule has 1 aliphatic heterocycles. The fraction of sp³-hybridized carbons (Fsp3) is 0.257. The number of carbonyl (C=O) groups is 2. The zero-order chi connectivity index (χ0) is 36.1. The van der Waals surface area contributed by atoms with Crippen molar-refractivity contribution in [3.63, 3.8) is 0 Å². The average Bonchev–Trinajstić information content (AvgIpc) is 3.38. The fourth-order valence-corrected chi connectivity index (χ4v) is 7.07. The number of halogens is 4. The predicted octanol–water partition coefficient (Wildman–Crippen LogP) is 6.94. The van der Waals surface area contributed by atoms with Gasteiger partial charge in [0.1, 0.15) is 12.4 Å². The number of thiazole rings is 1. The first-order valence-electron chi connectivity index (χ1n) is 15.2. The molecular weight excluding hydrogens is 750 g/mol. The quantitative estimate of drug-likeness (QED) is 0.142. The number of methoxy groups -OCH3 is 1. The number of hydrogen-bond donors (Lipinski definition) is 0. The van der Waals surface area contributed by atoms with Crippen LogP contribution in [-0.4, -0.2) is 43.4 Å². The van der Waals surface area contributed by atoms with Crippen LogP contribution >= 0.6 is 57.7 Å². The Morgan fingerprint density at radius 2 is 1.70 bits per heavy atom. The molecule has 0 saturated heterocycles. The standard InChI is InChI=1S/C35H30Cl4N2O8S/c1-5-46-27-13-20(8-10-26(27)48-17-29(42)45-4)31-30(34(44)47-6-2)18(3)40-35-41(31)33(43)28(50-35)14-21-12-22(36)15-25(39)32(21)49-16-19-7-9-23(37)24(38)11-19/h7-15,31H,5-6,16-17H2,1-4H3/b28-14+/t31-/m0/s1. The summed E-state index contributed by atoms with van der Waals surface area (Å²) in [6.07, 6.45) is 1.61. The van der Waals surface area contributed by atoms with Crippen molar-refractivity contribution in [1.82, 2.24) is 4.57 Å². The Morgan fingerprint density at radius 1 is 0.920 bits per heavy atom. The largest absolute Gasteiger partial charge is 0.490 e. The van der Waals surface area contributed by atoms with Gasteiger partial charge < -0.3 is 23.7 Å². The summed E-state index contributed by atoms with van der Waals surface area (Å²) in [4.78, 5) is 44.5. The second-order valence-electron chi connectivity index (χ2n) is 10.6. The molecule has 1 aromatic heterocycles. The Kier molecular flexibility index (Phi) is 12.2. The van der Waals surface area contributed by atoms with E-state index in [2.05, 4.69) is 9.73 Å². The maximum absolute atomic E-state index is 14.3. The minimum absolute atomic E-state index is 0.101. The van der Waals surface area contributed by atoms with E-state index in [1.807, 2.05) is 0 Å². The number of aromatic nitrogens is 1. The van der Waals surface area contributed by atoms with Gasteiger partial charge in [0.05, 0.1) is 57.2 Å². The van der Waals surface area contributed by atoms with Gasteiger partial charge in [0.25, 0.3) is 5.56 Å². The lowest BCUT2D eigenvalue weighted by atomic mass is 9.95. The summed E-state index contributed by atoms with van der Waals surface area (Å²) < 4.78 is 29.4. The smallest absolute Gasteiger partial charge is 0.343 e. The maximum atomic E-state index is 14.3. The first-order chi connectivity index (χ1) is 23.9. The van der Waals surface area contributed by atoms with Crippen LogP contribution in [0.1, 0.15) is 43.5 Å². The summed E-state index contributed by atoms with van der Waals surface area (Å²) in [5.41, 5.74) is 1.81. The number of fused-ring (bicyclic) bond motifs is 1. The van der Waals surface area contributed by atoms with E-state index in [0.717, 1.165) is 16.9 Å². The summed E-state index contributed by atoms with van der Waals surface area (Å²) >= 11 is 26.4. The van der Waals surface area contributed by atoms with Crippen LogP contribution in [0.2, 0.25) is 20.1 Å². The number of benzene rings is 3. The van der Waals surface area contributed by atoms with Crippen molar-refractivity contribution in [2.75, 3.05) is 26.9 Å². The fourth-order valence-electron chi connectivity index (χ4n) is 5.15. The molecule has 0 aliphatic carbocycles. The second kappa shape index (κ2) is 16.3. The van der Waals surface area contributed by atoms with E-state index >= 15 is 0 Å². The third-order valence-electron chi connectivity index (χ3n) is 7.36. The molecule has 10 nitrogen and oxygen atoms in total. The molecule has 2 heterocycles. The first-order valence-corrected chi connectivity index (χ1v) is 17.5. The number of carbonyl (C=O) groups excluding carboxylic acids is 2. The van der Waals surface area contributed by atoms with Gasteiger partial charge in [-0.2, -0.15) is 0 Å². The zero-order valence-electron chi connectivity index (χ0n) is 27.2. The van der Waals surface area contributed by atoms with Gasteiger partial charge in [0.2, 0.25) is 0 Å². The van der Waals surface area contributed by atoms with Gasteiger partial charge in [0, 0.05) is 10.6 Å². The topological polar surface area (TPSA) is 115 Å². The highest BCUT2D eigenvalue weighted by atomic mass is 35.5. The van der Waals surface area contributed by atoms with E-state index in [1.165, 1.54) is 17.7 Å². The summed E-state index contributed by atoms with van der Waals surface area (Å²) in [7, 11) is 1.26. The molecule has 0 spiro atoms. The Bertz CT molecular complexity index is 2180. The monoisotopic (exact) mass is 778 g/mol. The third-order valence-corrected chi connectivity index (χ3v) is 9.59. The Hall–Kier alpha value is -4.00. The van der Waals surface area contributed by atoms with Crippen molar-refractivity contribution in [1.29, 1.82) is 0 Å². The molecule has 5 rings (SSSR count). The van der Waals surface area contributed by atoms with Crippen molar-refractivity contribution in [2.45, 2.75) is 33.4 Å². The molecule has 0 bridgehead atoms. The Labute approximate surface area is 311 Å². The molecule has 0 fully saturated rings. The van der Waals surface area contributed by atoms with Gasteiger partial charge in [0.15, 0.2) is 22.9 Å². The number of nitrogens with zero attached hydrogens (tertiary/aromatic N) is 2. The predicted molar refractivity (Wildman–Crippen MR) is 193 cm³/mol. The summed E-state index contributed by atoms with van der Waals surface area (Å²) in [6.45, 7) is 5.30. The first kappa shape index (κ1) is 37.3. The Morgan fingerprint density at radius 3 is 2.40 bits per heavy atom. The van der Waals surface area contributed by atoms with Gasteiger partial charge in [-0.25, -0.2) is 14.6 Å². The normalized spacial score (nSPS) is 14.2. The number of ether oxygens (including phenoxy) is 5. The van der Waals surface area contributed by atoms with Crippen LogP contribution in [0.3, 0.4) is 0 Å². The molecule has 50 heavy (non-hydrogen) atoms. The molecule has 0 N–H and O–H groups in total. The van der Waals surface area contributed by atoms with Crippen LogP contribution in [0.5, 0.6) is 17.2 Å². The van der Waals surface area contributed by atoms with Crippen molar-refractivity contribution >= 4 is 75.8 Å². The molecule has 0 radical (unpaired) electrons. The molecule has 1 aliphatic rings. The van der Waals surface area contributed by atoms with Crippen LogP contribution in [0, 0.1) is 0 Å². The molecule has 3 aromatic carbocycles. The van der Waals surface area contributed by atoms with E-state index in [4.69, 9.17) is 65.4 Å². The minimum atomic E-state index is -0.949. The van der Waals surface area contributed by atoms with Gasteiger partial charge >= 0.3 is 11.9 Å². The molecular formula is C35H30Cl4N2O8S. The second-order valence-corrected chi connectivity index (χ2v) is 13.3. The summed E-state index contributed by atoms with van der Waals surface area (Å²) in [6, 6.07) is 12.3. The van der Waals surface area contributed by atoms with Crippen LogP contribution in [0.25, 0.3) is 6.08 Å². The van der Waals surface area contributed by atoms with Crippen LogP contribution in [0.4, 0.5) is 0 Å². The molecule has 1 atom stereocenters. The lowest BCUT2D eigenvalue weighted by molar-refractivity contribution is -0.143. The van der Waals surface area contributed by atoms with E-state index in [0.29, 0.717) is 42.4 Å². The van der Waals surface area contributed by atoms with Gasteiger partial charge in [-0.3, -0.25) is 9.36 Å². The highest BCUT2D eigenvalue weighted by molar-refractivity contribution is 7.07. The van der Waals surface area contributed by atoms with Crippen molar-refractivity contribution in [3.05, 3.63) is 116 Å². The lowest BCUT2D eigenvalue weighted by Crippen LogP contribution is -2.40. The SMILES string of the molecule is CCOC(=O)C1=C(C)N=c2s/c(=C/c3cc(Cl)cc(Cl)c3OCc3ccc(Cl)c(Cl)c3)c(=O)n2[C@H]1c1ccc(OCC(=O)OC)c(OCC)c1. The molecule has 0 amide bonds. The van der Waals surface area contributed by atoms with Crippen LogP contribution in [0.15, 0.2) is 69.6 Å². The van der Waals surface area contributed by atoms with Crippen molar-refractivity contribution in [3.8, 4) is 17.2 Å². The van der Waals surface area contributed by atoms with E-state index in [9.17, 15) is 14.4 Å². The van der Waals surface area contributed by atoms with Crippen molar-refractivity contribution < 1.29 is 33.3 Å². The van der Waals surface area contributed by atoms with Crippen molar-refractivity contribution in [2.24, 2.45) is 4.99 Å². The lowest BCUT2D eigenvalue weighted by Gasteiger charge is -2.25. The average molecular weight is 781 g/mol. The molecule has 262 valence electrons. The summed E-state index contributed by atoms with van der Waals surface area (Å²) in [5, 5.41) is 1.34. The van der Waals surface area contributed by atoms with E-state index in [1.54, 1.807) is 69.3 Å². The van der Waals surface area contributed by atoms with Gasteiger partial charge in [-0.05, 0) is 74.4 Å². The molecule has 0 saturated carbocycles. The number of rotatable bonds is 12. The van der Waals surface area contributed by atoms with Gasteiger partial charge in [-0.15, -0.1) is 0 Å². The Balaban J connectivity index is 1.64. The third kappa shape index (κ3) is 8.14. The maximum Gasteiger partial charge on any atom is 0.343 e. The summed E-state index contributed by atoms with van der Waals surface area (Å²) in [5.74, 6) is -0.339. The minimum Gasteiger partial charge on any atom is -0.490 e. The van der Waals surface area contributed by atoms with E-state index < -0.39 is 23.5 Å². The molecule has 15 heteroatoms. The van der Waals surface area contributed by atoms with Crippen LogP contribution in [-0.2, 0) is 25.7 Å². The van der Waals surface area contributed by atoms with Gasteiger partial charge in [-0.1, -0.05) is 69.9 Å². The number of hydrogen-bond acceptors (Lipinski definition) is 10. The van der Waals surface area contributed by atoms with Crippen LogP contribution < -0.4 is 29.1 Å². The number of esters is 2. The number of allylic oxidation sites excluding steroid dienone is 1. The highest BCUT2D eigenvalue weighted by Crippen LogP contribution is 2.37. The highest BCUT2D eigenvalue weighted by Gasteiger charge is 2.34.